The summed E-state index contributed by atoms with van der Waals surface area (Å²) < 4.78 is 0. The molecule has 0 aliphatic heterocycles. The van der Waals surface area contributed by atoms with Crippen LogP contribution in [0.2, 0.25) is 0 Å². The molecule has 0 saturated heterocycles. The summed E-state index contributed by atoms with van der Waals surface area (Å²) in [6.07, 6.45) is -0.425. The molecule has 2 unspecified atom stereocenters. The zero-order chi connectivity index (χ0) is 11.3. The topological polar surface area (TPSA) is 80.4 Å². The fourth-order valence-electron chi connectivity index (χ4n) is 1.33. The molecule has 1 amide bonds. The first-order chi connectivity index (χ1) is 7.15. The van der Waals surface area contributed by atoms with Gasteiger partial charge in [0.2, 0.25) is 5.91 Å². The average Bonchev–Trinajstić information content (AvgIpc) is 2.19. The molecule has 0 bridgehead atoms. The van der Waals surface area contributed by atoms with Gasteiger partial charge in [-0.15, -0.1) is 0 Å². The van der Waals surface area contributed by atoms with Crippen molar-refractivity contribution in [3.8, 4) is 0 Å². The fraction of sp³-hybridized carbons (Fsp3) is 0.273. The van der Waals surface area contributed by atoms with Crippen LogP contribution >= 0.6 is 0 Å². The van der Waals surface area contributed by atoms with Gasteiger partial charge >= 0.3 is 0 Å². The lowest BCUT2D eigenvalue weighted by Gasteiger charge is -2.14. The zero-order valence-corrected chi connectivity index (χ0v) is 8.17. The molecule has 0 radical (unpaired) electrons. The molecule has 4 nitrogen and oxygen atoms in total. The van der Waals surface area contributed by atoms with Gasteiger partial charge in [-0.3, -0.25) is 4.79 Å². The van der Waals surface area contributed by atoms with Crippen molar-refractivity contribution in [2.24, 2.45) is 11.7 Å². The lowest BCUT2D eigenvalue weighted by atomic mass is 9.97. The minimum atomic E-state index is -1.13. The maximum atomic E-state index is 10.8. The Hall–Kier alpha value is -1.68. The maximum Gasteiger partial charge on any atom is 0.230 e. The second-order valence-electron chi connectivity index (χ2n) is 3.32. The first-order valence-corrected chi connectivity index (χ1v) is 4.61. The molecule has 1 rings (SSSR count). The number of primary amides is 1. The van der Waals surface area contributed by atoms with Gasteiger partial charge in [0.25, 0.3) is 0 Å². The van der Waals surface area contributed by atoms with Crippen molar-refractivity contribution in [3.63, 3.8) is 0 Å². The Morgan fingerprint density at radius 2 is 2.00 bits per heavy atom. The minimum absolute atomic E-state index is 0.243. The van der Waals surface area contributed by atoms with Crippen molar-refractivity contribution in [2.45, 2.75) is 12.5 Å². The monoisotopic (exact) mass is 207 g/mol. The summed E-state index contributed by atoms with van der Waals surface area (Å²) in [5.41, 5.74) is 5.83. The smallest absolute Gasteiger partial charge is 0.230 e. The molecule has 1 aromatic rings. The van der Waals surface area contributed by atoms with E-state index >= 15 is 0 Å². The molecule has 3 N–H and O–H groups in total. The van der Waals surface area contributed by atoms with Crippen LogP contribution < -0.4 is 5.73 Å². The molecule has 80 valence electrons. The normalized spacial score (nSPS) is 14.2. The Balaban J connectivity index is 2.66. The van der Waals surface area contributed by atoms with E-state index in [0.717, 1.165) is 5.56 Å². The van der Waals surface area contributed by atoms with Crippen molar-refractivity contribution >= 4 is 12.2 Å². The van der Waals surface area contributed by atoms with Gasteiger partial charge in [0, 0.05) is 0 Å². The van der Waals surface area contributed by atoms with E-state index in [0.29, 0.717) is 6.29 Å². The Labute approximate surface area is 87.7 Å². The number of rotatable bonds is 5. The zero-order valence-electron chi connectivity index (χ0n) is 8.17. The highest BCUT2D eigenvalue weighted by atomic mass is 16.3. The molecule has 1 aromatic carbocycles. The number of amides is 1. The van der Waals surface area contributed by atoms with Crippen molar-refractivity contribution in [2.75, 3.05) is 0 Å². The highest BCUT2D eigenvalue weighted by Gasteiger charge is 2.23. The van der Waals surface area contributed by atoms with Crippen LogP contribution in [0, 0.1) is 5.92 Å². The van der Waals surface area contributed by atoms with E-state index in [1.165, 1.54) is 0 Å². The van der Waals surface area contributed by atoms with Crippen molar-refractivity contribution < 1.29 is 14.7 Å². The predicted molar refractivity (Wildman–Crippen MR) is 54.9 cm³/mol. The molecule has 0 aliphatic rings. The molecule has 0 fully saturated rings. The van der Waals surface area contributed by atoms with Crippen LogP contribution in [0.5, 0.6) is 0 Å². The standard InChI is InChI=1S/C11H13NO3/c12-11(15)9(7-13)10(14)6-8-4-2-1-3-5-8/h1-5,7,9-10,14H,6H2,(H2,12,15). The summed E-state index contributed by atoms with van der Waals surface area (Å²) in [6.45, 7) is 0. The molecular weight excluding hydrogens is 194 g/mol. The fourth-order valence-corrected chi connectivity index (χ4v) is 1.33. The number of aldehydes is 1. The van der Waals surface area contributed by atoms with Gasteiger partial charge in [0.1, 0.15) is 12.2 Å². The van der Waals surface area contributed by atoms with Gasteiger partial charge in [-0.25, -0.2) is 0 Å². The van der Waals surface area contributed by atoms with Crippen LogP contribution in [-0.4, -0.2) is 23.4 Å². The van der Waals surface area contributed by atoms with E-state index in [1.807, 2.05) is 30.3 Å². The summed E-state index contributed by atoms with van der Waals surface area (Å²) in [4.78, 5) is 21.3. The lowest BCUT2D eigenvalue weighted by molar-refractivity contribution is -0.130. The van der Waals surface area contributed by atoms with Crippen molar-refractivity contribution in [3.05, 3.63) is 35.9 Å². The summed E-state index contributed by atoms with van der Waals surface area (Å²) >= 11 is 0. The van der Waals surface area contributed by atoms with Gasteiger partial charge in [0.15, 0.2) is 0 Å². The summed E-state index contributed by atoms with van der Waals surface area (Å²) in [5.74, 6) is -1.93. The van der Waals surface area contributed by atoms with Crippen LogP contribution in [0.25, 0.3) is 0 Å². The summed E-state index contributed by atoms with van der Waals surface area (Å²) in [6, 6.07) is 9.11. The molecule has 2 atom stereocenters. The Bertz CT molecular complexity index is 337. The third-order valence-electron chi connectivity index (χ3n) is 2.18. The molecule has 0 aliphatic carbocycles. The SMILES string of the molecule is NC(=O)C(C=O)C(O)Cc1ccccc1. The number of aliphatic hydroxyl groups excluding tert-OH is 1. The second-order valence-corrected chi connectivity index (χ2v) is 3.32. The highest BCUT2D eigenvalue weighted by molar-refractivity contribution is 5.91. The van der Waals surface area contributed by atoms with E-state index in [1.54, 1.807) is 0 Å². The quantitative estimate of drug-likeness (QED) is 0.522. The number of aliphatic hydroxyl groups is 1. The summed E-state index contributed by atoms with van der Waals surface area (Å²) in [5, 5.41) is 9.60. The molecule has 0 spiro atoms. The molecule has 0 heterocycles. The first-order valence-electron chi connectivity index (χ1n) is 4.61. The van der Waals surface area contributed by atoms with Crippen molar-refractivity contribution in [1.82, 2.24) is 0 Å². The van der Waals surface area contributed by atoms with Crippen LogP contribution in [0.3, 0.4) is 0 Å². The number of hydrogen-bond acceptors (Lipinski definition) is 3. The largest absolute Gasteiger partial charge is 0.391 e. The summed E-state index contributed by atoms with van der Waals surface area (Å²) in [7, 11) is 0. The third kappa shape index (κ3) is 3.18. The molecule has 15 heavy (non-hydrogen) atoms. The Morgan fingerprint density at radius 3 is 2.47 bits per heavy atom. The van der Waals surface area contributed by atoms with Gasteiger partial charge < -0.3 is 15.6 Å². The van der Waals surface area contributed by atoms with Crippen LogP contribution in [-0.2, 0) is 16.0 Å². The van der Waals surface area contributed by atoms with Gasteiger partial charge in [0.05, 0.1) is 6.10 Å². The van der Waals surface area contributed by atoms with E-state index in [9.17, 15) is 14.7 Å². The van der Waals surface area contributed by atoms with Crippen LogP contribution in [0.4, 0.5) is 0 Å². The molecular formula is C11H13NO3. The molecule has 4 heteroatoms. The van der Waals surface area contributed by atoms with E-state index in [-0.39, 0.29) is 6.42 Å². The number of carbonyl (C=O) groups is 2. The number of nitrogens with two attached hydrogens (primary N) is 1. The minimum Gasteiger partial charge on any atom is -0.391 e. The molecule has 0 aromatic heterocycles. The van der Waals surface area contributed by atoms with Crippen LogP contribution in [0.1, 0.15) is 5.56 Å². The Morgan fingerprint density at radius 1 is 1.40 bits per heavy atom. The third-order valence-corrected chi connectivity index (χ3v) is 2.18. The van der Waals surface area contributed by atoms with E-state index < -0.39 is 17.9 Å². The van der Waals surface area contributed by atoms with Gasteiger partial charge in [-0.1, -0.05) is 30.3 Å². The van der Waals surface area contributed by atoms with Crippen LogP contribution in [0.15, 0.2) is 30.3 Å². The predicted octanol–water partition coefficient (Wildman–Crippen LogP) is -0.110. The number of hydrogen-bond donors (Lipinski definition) is 2. The molecule has 0 saturated carbocycles. The maximum absolute atomic E-state index is 10.8. The lowest BCUT2D eigenvalue weighted by Crippen LogP contribution is -2.35. The number of carbonyl (C=O) groups excluding carboxylic acids is 2. The van der Waals surface area contributed by atoms with E-state index in [2.05, 4.69) is 0 Å². The van der Waals surface area contributed by atoms with Gasteiger partial charge in [-0.2, -0.15) is 0 Å². The first kappa shape index (κ1) is 11.4. The Kier molecular flexibility index (Phi) is 4.00. The van der Waals surface area contributed by atoms with Gasteiger partial charge in [-0.05, 0) is 12.0 Å². The van der Waals surface area contributed by atoms with E-state index in [4.69, 9.17) is 5.73 Å². The number of benzene rings is 1. The highest BCUT2D eigenvalue weighted by Crippen LogP contribution is 2.09. The van der Waals surface area contributed by atoms with Crippen molar-refractivity contribution in [1.29, 1.82) is 0 Å². The second kappa shape index (κ2) is 5.26. The average molecular weight is 207 g/mol.